The first-order valence-electron chi connectivity index (χ1n) is 11.8. The summed E-state index contributed by atoms with van der Waals surface area (Å²) in [6.45, 7) is 10.9. The molecule has 2 aromatic carbocycles. The van der Waals surface area contributed by atoms with Crippen molar-refractivity contribution in [2.45, 2.75) is 52.2 Å². The maximum atomic E-state index is 12.6. The number of amides is 2. The number of hydrogen-bond donors (Lipinski definition) is 2. The molecule has 0 unspecified atom stereocenters. The van der Waals surface area contributed by atoms with Crippen molar-refractivity contribution in [1.82, 2.24) is 5.32 Å². The van der Waals surface area contributed by atoms with Gasteiger partial charge in [0, 0.05) is 54.7 Å². The average Bonchev–Trinajstić information content (AvgIpc) is 2.79. The van der Waals surface area contributed by atoms with Crippen LogP contribution in [-0.4, -0.2) is 50.2 Å². The molecular weight excluding hydrogens is 416 g/mol. The van der Waals surface area contributed by atoms with Gasteiger partial charge < -0.3 is 25.2 Å². The Hall–Kier alpha value is -3.06. The second kappa shape index (κ2) is 9.83. The van der Waals surface area contributed by atoms with Gasteiger partial charge in [-0.3, -0.25) is 9.59 Å². The van der Waals surface area contributed by atoms with E-state index in [2.05, 4.69) is 46.7 Å². The van der Waals surface area contributed by atoms with Gasteiger partial charge in [-0.25, -0.2) is 0 Å². The van der Waals surface area contributed by atoms with E-state index >= 15 is 0 Å². The van der Waals surface area contributed by atoms with Crippen molar-refractivity contribution < 1.29 is 14.3 Å². The highest BCUT2D eigenvalue weighted by atomic mass is 16.5. The van der Waals surface area contributed by atoms with E-state index in [0.29, 0.717) is 5.56 Å². The zero-order valence-corrected chi connectivity index (χ0v) is 19.9. The van der Waals surface area contributed by atoms with E-state index in [1.807, 2.05) is 30.9 Å². The van der Waals surface area contributed by atoms with Crippen LogP contribution in [-0.2, 0) is 9.53 Å². The zero-order chi connectivity index (χ0) is 23.5. The molecule has 2 aromatic rings. The van der Waals surface area contributed by atoms with Gasteiger partial charge in [0.05, 0.1) is 19.3 Å². The second-order valence-corrected chi connectivity index (χ2v) is 9.22. The van der Waals surface area contributed by atoms with Crippen LogP contribution in [0.3, 0.4) is 0 Å². The SMILES string of the molecule is CC(=O)N1c2ccc(C(=O)NC(C)C)cc2[C@H](Nc2ccc(N3CCOCC3)cc2)C[C@@H]1C. The fourth-order valence-corrected chi connectivity index (χ4v) is 4.76. The van der Waals surface area contributed by atoms with Crippen LogP contribution in [0, 0.1) is 0 Å². The lowest BCUT2D eigenvalue weighted by Crippen LogP contribution is -2.43. The lowest BCUT2D eigenvalue weighted by atomic mass is 9.90. The third-order valence-corrected chi connectivity index (χ3v) is 6.29. The van der Waals surface area contributed by atoms with Gasteiger partial charge in [-0.2, -0.15) is 0 Å². The van der Waals surface area contributed by atoms with Crippen LogP contribution in [0.5, 0.6) is 0 Å². The predicted octanol–water partition coefficient (Wildman–Crippen LogP) is 3.96. The normalized spacial score (nSPS) is 20.4. The minimum absolute atomic E-state index is 0.00774. The number of anilines is 3. The van der Waals surface area contributed by atoms with Crippen LogP contribution in [0.1, 0.15) is 56.1 Å². The van der Waals surface area contributed by atoms with Crippen molar-refractivity contribution in [3.8, 4) is 0 Å². The molecule has 4 rings (SSSR count). The summed E-state index contributed by atoms with van der Waals surface area (Å²) in [5, 5.41) is 6.61. The first kappa shape index (κ1) is 23.1. The number of carbonyl (C=O) groups excluding carboxylic acids is 2. The Balaban J connectivity index is 1.61. The Bertz CT molecular complexity index is 999. The van der Waals surface area contributed by atoms with Crippen LogP contribution in [0.4, 0.5) is 17.1 Å². The first-order chi connectivity index (χ1) is 15.8. The summed E-state index contributed by atoms with van der Waals surface area (Å²) in [6.07, 6.45) is 0.757. The fourth-order valence-electron chi connectivity index (χ4n) is 4.76. The van der Waals surface area contributed by atoms with E-state index in [0.717, 1.165) is 49.7 Å². The van der Waals surface area contributed by atoms with Crippen molar-refractivity contribution >= 4 is 28.9 Å². The molecule has 1 fully saturated rings. The summed E-state index contributed by atoms with van der Waals surface area (Å²) in [5.74, 6) is -0.0918. The van der Waals surface area contributed by atoms with Gasteiger partial charge in [-0.1, -0.05) is 0 Å². The van der Waals surface area contributed by atoms with Gasteiger partial charge in [0.1, 0.15) is 0 Å². The topological polar surface area (TPSA) is 73.9 Å². The summed E-state index contributed by atoms with van der Waals surface area (Å²) >= 11 is 0. The van der Waals surface area contributed by atoms with E-state index in [1.54, 1.807) is 13.0 Å². The molecule has 2 aliphatic heterocycles. The summed E-state index contributed by atoms with van der Waals surface area (Å²) in [5.41, 5.74) is 4.65. The number of morpholine rings is 1. The lowest BCUT2D eigenvalue weighted by Gasteiger charge is -2.39. The molecule has 2 atom stereocenters. The number of nitrogens with one attached hydrogen (secondary N) is 2. The lowest BCUT2D eigenvalue weighted by molar-refractivity contribution is -0.117. The molecule has 0 aromatic heterocycles. The maximum Gasteiger partial charge on any atom is 0.251 e. The van der Waals surface area contributed by atoms with Crippen molar-refractivity contribution in [3.05, 3.63) is 53.6 Å². The summed E-state index contributed by atoms with van der Waals surface area (Å²) in [7, 11) is 0. The Labute approximate surface area is 196 Å². The molecule has 7 heteroatoms. The number of benzene rings is 2. The highest BCUT2D eigenvalue weighted by Gasteiger charge is 2.33. The standard InChI is InChI=1S/C26H34N4O3/c1-17(2)27-26(32)20-5-10-25-23(16-20)24(15-18(3)30(25)19(4)31)28-21-6-8-22(9-7-21)29-11-13-33-14-12-29/h5-10,16-18,24,28H,11-15H2,1-4H3,(H,27,32)/t18-,24+/m0/s1. The van der Waals surface area contributed by atoms with Gasteiger partial charge in [0.15, 0.2) is 0 Å². The monoisotopic (exact) mass is 450 g/mol. The number of carbonyl (C=O) groups is 2. The minimum atomic E-state index is -0.102. The van der Waals surface area contributed by atoms with Crippen molar-refractivity contribution in [1.29, 1.82) is 0 Å². The Kier molecular flexibility index (Phi) is 6.88. The van der Waals surface area contributed by atoms with Gasteiger partial charge >= 0.3 is 0 Å². The van der Waals surface area contributed by atoms with Crippen molar-refractivity contribution in [2.24, 2.45) is 0 Å². The Morgan fingerprint density at radius 3 is 2.39 bits per heavy atom. The molecule has 0 spiro atoms. The molecule has 0 bridgehead atoms. The molecule has 0 radical (unpaired) electrons. The van der Waals surface area contributed by atoms with E-state index in [-0.39, 0.29) is 29.9 Å². The molecule has 7 nitrogen and oxygen atoms in total. The molecule has 0 aliphatic carbocycles. The Morgan fingerprint density at radius 1 is 1.06 bits per heavy atom. The minimum Gasteiger partial charge on any atom is -0.378 e. The van der Waals surface area contributed by atoms with Crippen molar-refractivity contribution in [2.75, 3.05) is 41.4 Å². The fraction of sp³-hybridized carbons (Fsp3) is 0.462. The van der Waals surface area contributed by atoms with E-state index in [9.17, 15) is 9.59 Å². The molecule has 1 saturated heterocycles. The van der Waals surface area contributed by atoms with Gasteiger partial charge in [0.2, 0.25) is 5.91 Å². The Morgan fingerprint density at radius 2 is 1.76 bits per heavy atom. The number of ether oxygens (including phenoxy) is 1. The smallest absolute Gasteiger partial charge is 0.251 e. The summed E-state index contributed by atoms with van der Waals surface area (Å²) in [6, 6.07) is 14.2. The molecule has 2 amide bonds. The van der Waals surface area contributed by atoms with E-state index in [1.165, 1.54) is 5.69 Å². The number of hydrogen-bond acceptors (Lipinski definition) is 5. The third-order valence-electron chi connectivity index (χ3n) is 6.29. The van der Waals surface area contributed by atoms with Crippen molar-refractivity contribution in [3.63, 3.8) is 0 Å². The number of fused-ring (bicyclic) bond motifs is 1. The van der Waals surface area contributed by atoms with E-state index < -0.39 is 0 Å². The highest BCUT2D eigenvalue weighted by molar-refractivity contribution is 5.98. The largest absolute Gasteiger partial charge is 0.378 e. The molecule has 176 valence electrons. The third kappa shape index (κ3) is 5.14. The van der Waals surface area contributed by atoms with Crippen LogP contribution in [0.25, 0.3) is 0 Å². The summed E-state index contributed by atoms with van der Waals surface area (Å²) < 4.78 is 5.45. The van der Waals surface area contributed by atoms with Crippen LogP contribution >= 0.6 is 0 Å². The van der Waals surface area contributed by atoms with Crippen LogP contribution in [0.2, 0.25) is 0 Å². The predicted molar refractivity (Wildman–Crippen MR) is 132 cm³/mol. The first-order valence-corrected chi connectivity index (χ1v) is 11.8. The zero-order valence-electron chi connectivity index (χ0n) is 19.9. The quantitative estimate of drug-likeness (QED) is 0.721. The number of nitrogens with zero attached hydrogens (tertiary/aromatic N) is 2. The molecule has 2 N–H and O–H groups in total. The average molecular weight is 451 g/mol. The molecule has 2 heterocycles. The molecular formula is C26H34N4O3. The van der Waals surface area contributed by atoms with Gasteiger partial charge in [-0.15, -0.1) is 0 Å². The van der Waals surface area contributed by atoms with Gasteiger partial charge in [0.25, 0.3) is 5.91 Å². The van der Waals surface area contributed by atoms with Crippen LogP contribution in [0.15, 0.2) is 42.5 Å². The number of rotatable bonds is 5. The van der Waals surface area contributed by atoms with Crippen LogP contribution < -0.4 is 20.4 Å². The second-order valence-electron chi connectivity index (χ2n) is 9.22. The van der Waals surface area contributed by atoms with E-state index in [4.69, 9.17) is 4.74 Å². The molecule has 33 heavy (non-hydrogen) atoms. The molecule has 2 aliphatic rings. The highest BCUT2D eigenvalue weighted by Crippen LogP contribution is 2.39. The maximum absolute atomic E-state index is 12.6. The molecule has 0 saturated carbocycles. The van der Waals surface area contributed by atoms with Gasteiger partial charge in [-0.05, 0) is 75.2 Å². The summed E-state index contributed by atoms with van der Waals surface area (Å²) in [4.78, 5) is 29.2.